The second kappa shape index (κ2) is 5.88. The lowest BCUT2D eigenvalue weighted by Crippen LogP contribution is -2.31. The fourth-order valence-electron chi connectivity index (χ4n) is 4.46. The summed E-state index contributed by atoms with van der Waals surface area (Å²) in [6.07, 6.45) is 4.54. The summed E-state index contributed by atoms with van der Waals surface area (Å²) in [4.78, 5) is 4.97. The highest BCUT2D eigenvalue weighted by Gasteiger charge is 2.26. The molecule has 25 heavy (non-hydrogen) atoms. The van der Waals surface area contributed by atoms with E-state index in [1.165, 1.54) is 53.7 Å². The normalized spacial score (nSPS) is 21.0. The molecule has 1 aromatic heterocycles. The van der Waals surface area contributed by atoms with Crippen LogP contribution in [0.4, 0.5) is 5.69 Å². The Morgan fingerprint density at radius 1 is 1.08 bits per heavy atom. The summed E-state index contributed by atoms with van der Waals surface area (Å²) >= 11 is 0. The highest BCUT2D eigenvalue weighted by Crippen LogP contribution is 2.36. The standard InChI is InChI=1S/C21H24N4/c1-24-13-17-10-18(25-8-2-3-9-25)6-7-19(17)20(14-24)15-4-5-16-12-22-23-21(16)11-15/h4-7,10-12,20H,2-3,8-9,13-14H2,1H3,(H,22,23). The van der Waals surface area contributed by atoms with Gasteiger partial charge >= 0.3 is 0 Å². The van der Waals surface area contributed by atoms with Gasteiger partial charge in [0.05, 0.1) is 11.7 Å². The lowest BCUT2D eigenvalue weighted by molar-refractivity contribution is 0.295. The predicted octanol–water partition coefficient (Wildman–Crippen LogP) is 3.74. The molecule has 0 saturated carbocycles. The number of fused-ring (bicyclic) bond motifs is 2. The first-order valence-corrected chi connectivity index (χ1v) is 9.27. The van der Waals surface area contributed by atoms with E-state index in [2.05, 4.69) is 63.4 Å². The number of hydrogen-bond acceptors (Lipinski definition) is 3. The van der Waals surface area contributed by atoms with Crippen molar-refractivity contribution in [1.29, 1.82) is 0 Å². The van der Waals surface area contributed by atoms with Crippen LogP contribution in [0.15, 0.2) is 42.6 Å². The molecule has 4 nitrogen and oxygen atoms in total. The maximum absolute atomic E-state index is 4.16. The molecule has 1 N–H and O–H groups in total. The summed E-state index contributed by atoms with van der Waals surface area (Å²) in [5.74, 6) is 0.425. The van der Waals surface area contributed by atoms with Gasteiger partial charge in [-0.15, -0.1) is 0 Å². The number of likely N-dealkylation sites (N-methyl/N-ethyl adjacent to an activating group) is 1. The predicted molar refractivity (Wildman–Crippen MR) is 102 cm³/mol. The molecule has 0 amide bonds. The van der Waals surface area contributed by atoms with Crippen LogP contribution in [-0.4, -0.2) is 41.8 Å². The molecule has 1 atom stereocenters. The topological polar surface area (TPSA) is 35.2 Å². The number of nitrogens with one attached hydrogen (secondary N) is 1. The third-order valence-electron chi connectivity index (χ3n) is 5.78. The Hall–Kier alpha value is -2.33. The largest absolute Gasteiger partial charge is 0.372 e. The number of nitrogens with zero attached hydrogens (tertiary/aromatic N) is 3. The van der Waals surface area contributed by atoms with Gasteiger partial charge in [0, 0.05) is 43.2 Å². The molecule has 1 unspecified atom stereocenters. The number of anilines is 1. The number of aromatic amines is 1. The van der Waals surface area contributed by atoms with Gasteiger partial charge in [0.15, 0.2) is 0 Å². The van der Waals surface area contributed by atoms with Crippen molar-refractivity contribution in [2.75, 3.05) is 31.6 Å². The number of hydrogen-bond donors (Lipinski definition) is 1. The van der Waals surface area contributed by atoms with E-state index in [-0.39, 0.29) is 0 Å². The number of benzene rings is 2. The fourth-order valence-corrected chi connectivity index (χ4v) is 4.46. The SMILES string of the molecule is CN1Cc2cc(N3CCCC3)ccc2C(c2ccc3cn[nH]c3c2)C1. The quantitative estimate of drug-likeness (QED) is 0.776. The lowest BCUT2D eigenvalue weighted by Gasteiger charge is -2.33. The van der Waals surface area contributed by atoms with Gasteiger partial charge in [-0.2, -0.15) is 5.10 Å². The Morgan fingerprint density at radius 3 is 2.84 bits per heavy atom. The zero-order valence-electron chi connectivity index (χ0n) is 14.7. The second-order valence-corrected chi connectivity index (χ2v) is 7.54. The molecule has 2 aromatic carbocycles. The molecule has 0 aliphatic carbocycles. The minimum Gasteiger partial charge on any atom is -0.372 e. The zero-order valence-corrected chi connectivity index (χ0v) is 14.7. The van der Waals surface area contributed by atoms with Gasteiger partial charge in [-0.25, -0.2) is 0 Å². The van der Waals surface area contributed by atoms with Crippen LogP contribution >= 0.6 is 0 Å². The third kappa shape index (κ3) is 2.61. The average molecular weight is 332 g/mol. The molecule has 5 rings (SSSR count). The molecule has 3 heterocycles. The minimum atomic E-state index is 0.425. The van der Waals surface area contributed by atoms with Gasteiger partial charge in [0.2, 0.25) is 0 Å². The fraction of sp³-hybridized carbons (Fsp3) is 0.381. The number of rotatable bonds is 2. The van der Waals surface area contributed by atoms with E-state index in [9.17, 15) is 0 Å². The molecular formula is C21H24N4. The van der Waals surface area contributed by atoms with E-state index in [1.54, 1.807) is 0 Å². The monoisotopic (exact) mass is 332 g/mol. The Balaban J connectivity index is 1.55. The minimum absolute atomic E-state index is 0.425. The van der Waals surface area contributed by atoms with E-state index in [1.807, 2.05) is 6.20 Å². The Morgan fingerprint density at radius 2 is 1.96 bits per heavy atom. The Bertz CT molecular complexity index is 907. The van der Waals surface area contributed by atoms with Gasteiger partial charge in [0.1, 0.15) is 0 Å². The molecule has 0 spiro atoms. The smallest absolute Gasteiger partial charge is 0.0653 e. The van der Waals surface area contributed by atoms with Gasteiger partial charge in [-0.1, -0.05) is 18.2 Å². The Kier molecular flexibility index (Phi) is 3.52. The molecule has 3 aromatic rings. The Labute approximate surface area is 148 Å². The van der Waals surface area contributed by atoms with E-state index in [0.717, 1.165) is 18.6 Å². The highest BCUT2D eigenvalue weighted by molar-refractivity contribution is 5.78. The molecule has 2 aliphatic rings. The van der Waals surface area contributed by atoms with Gasteiger partial charge < -0.3 is 9.80 Å². The molecule has 4 heteroatoms. The van der Waals surface area contributed by atoms with Crippen molar-refractivity contribution in [3.05, 3.63) is 59.3 Å². The average Bonchev–Trinajstić information content (AvgIpc) is 3.31. The van der Waals surface area contributed by atoms with Gasteiger partial charge in [0.25, 0.3) is 0 Å². The summed E-state index contributed by atoms with van der Waals surface area (Å²) in [7, 11) is 2.23. The molecule has 0 bridgehead atoms. The maximum Gasteiger partial charge on any atom is 0.0653 e. The van der Waals surface area contributed by atoms with Crippen molar-refractivity contribution < 1.29 is 0 Å². The summed E-state index contributed by atoms with van der Waals surface area (Å²) in [5.41, 5.74) is 6.86. The first kappa shape index (κ1) is 15.0. The lowest BCUT2D eigenvalue weighted by atomic mass is 9.84. The summed E-state index contributed by atoms with van der Waals surface area (Å²) < 4.78 is 0. The van der Waals surface area contributed by atoms with Crippen molar-refractivity contribution >= 4 is 16.6 Å². The van der Waals surface area contributed by atoms with E-state index < -0.39 is 0 Å². The summed E-state index contributed by atoms with van der Waals surface area (Å²) in [6, 6.07) is 13.8. The van der Waals surface area contributed by atoms with Gasteiger partial charge in [-0.05, 0) is 54.8 Å². The second-order valence-electron chi connectivity index (χ2n) is 7.54. The first-order valence-electron chi connectivity index (χ1n) is 9.27. The van der Waals surface area contributed by atoms with Crippen LogP contribution in [0.5, 0.6) is 0 Å². The number of aromatic nitrogens is 2. The highest BCUT2D eigenvalue weighted by atomic mass is 15.1. The van der Waals surface area contributed by atoms with Crippen LogP contribution in [0.3, 0.4) is 0 Å². The van der Waals surface area contributed by atoms with E-state index in [4.69, 9.17) is 0 Å². The maximum atomic E-state index is 4.16. The van der Waals surface area contributed by atoms with Crippen LogP contribution in [0.2, 0.25) is 0 Å². The van der Waals surface area contributed by atoms with E-state index >= 15 is 0 Å². The van der Waals surface area contributed by atoms with Crippen molar-refractivity contribution in [3.63, 3.8) is 0 Å². The molecule has 128 valence electrons. The van der Waals surface area contributed by atoms with Crippen molar-refractivity contribution in [3.8, 4) is 0 Å². The van der Waals surface area contributed by atoms with Gasteiger partial charge in [-0.3, -0.25) is 5.10 Å². The van der Waals surface area contributed by atoms with Crippen molar-refractivity contribution in [2.45, 2.75) is 25.3 Å². The van der Waals surface area contributed by atoms with Crippen LogP contribution in [0.25, 0.3) is 10.9 Å². The molecule has 1 saturated heterocycles. The van der Waals surface area contributed by atoms with Crippen LogP contribution in [0.1, 0.15) is 35.4 Å². The third-order valence-corrected chi connectivity index (χ3v) is 5.78. The van der Waals surface area contributed by atoms with Crippen LogP contribution < -0.4 is 4.90 Å². The molecular weight excluding hydrogens is 308 g/mol. The van der Waals surface area contributed by atoms with Crippen LogP contribution in [0, 0.1) is 0 Å². The molecule has 0 radical (unpaired) electrons. The van der Waals surface area contributed by atoms with Crippen LogP contribution in [-0.2, 0) is 6.54 Å². The molecule has 2 aliphatic heterocycles. The zero-order chi connectivity index (χ0) is 16.8. The number of H-pyrrole nitrogens is 1. The first-order chi connectivity index (χ1) is 12.3. The summed E-state index contributed by atoms with van der Waals surface area (Å²) in [6.45, 7) is 4.51. The summed E-state index contributed by atoms with van der Waals surface area (Å²) in [5, 5.41) is 8.45. The van der Waals surface area contributed by atoms with E-state index in [0.29, 0.717) is 5.92 Å². The van der Waals surface area contributed by atoms with Crippen molar-refractivity contribution in [1.82, 2.24) is 15.1 Å². The molecule has 1 fully saturated rings. The van der Waals surface area contributed by atoms with Crippen molar-refractivity contribution in [2.24, 2.45) is 0 Å².